The van der Waals surface area contributed by atoms with Crippen LogP contribution in [0, 0.1) is 13.8 Å². The Bertz CT molecular complexity index is 802. The van der Waals surface area contributed by atoms with Crippen molar-refractivity contribution in [1.82, 2.24) is 24.4 Å². The Morgan fingerprint density at radius 2 is 2.08 bits per heavy atom. The zero-order valence-electron chi connectivity index (χ0n) is 15.0. The molecule has 1 saturated heterocycles. The van der Waals surface area contributed by atoms with Gasteiger partial charge in [-0.05, 0) is 33.6 Å². The Morgan fingerprint density at radius 1 is 1.36 bits per heavy atom. The summed E-state index contributed by atoms with van der Waals surface area (Å²) in [6, 6.07) is 1.68. The lowest BCUT2D eigenvalue weighted by molar-refractivity contribution is -0.133. The summed E-state index contributed by atoms with van der Waals surface area (Å²) in [5.74, 6) is 1.99. The molecule has 3 heterocycles. The molecule has 0 saturated carbocycles. The van der Waals surface area contributed by atoms with E-state index in [1.54, 1.807) is 19.2 Å². The number of aromatic amines is 1. The van der Waals surface area contributed by atoms with Gasteiger partial charge in [0.2, 0.25) is 5.91 Å². The molecular weight excluding hydrogens is 318 g/mol. The number of hydrogen-bond acceptors (Lipinski definition) is 4. The molecule has 25 heavy (non-hydrogen) atoms. The average Bonchev–Trinajstić information content (AvgIpc) is 3.00. The third kappa shape index (κ3) is 3.97. The third-order valence-electron chi connectivity index (χ3n) is 4.95. The van der Waals surface area contributed by atoms with Crippen molar-refractivity contribution in [3.63, 3.8) is 0 Å². The number of aromatic nitrogens is 4. The van der Waals surface area contributed by atoms with Crippen LogP contribution in [0.15, 0.2) is 23.3 Å². The lowest BCUT2D eigenvalue weighted by atomic mass is 9.93. The van der Waals surface area contributed by atoms with Gasteiger partial charge in [-0.2, -0.15) is 0 Å². The van der Waals surface area contributed by atoms with Gasteiger partial charge in [0.25, 0.3) is 5.56 Å². The Morgan fingerprint density at radius 3 is 2.68 bits per heavy atom. The lowest BCUT2D eigenvalue weighted by Crippen LogP contribution is -2.39. The van der Waals surface area contributed by atoms with Crippen molar-refractivity contribution in [2.24, 2.45) is 0 Å². The van der Waals surface area contributed by atoms with Gasteiger partial charge < -0.3 is 14.5 Å². The maximum absolute atomic E-state index is 12.6. The molecule has 2 aromatic rings. The molecule has 0 radical (unpaired) electrons. The topological polar surface area (TPSA) is 83.9 Å². The normalized spacial score (nSPS) is 16.8. The molecule has 2 aromatic heterocycles. The van der Waals surface area contributed by atoms with E-state index in [1.807, 2.05) is 29.5 Å². The molecule has 1 atom stereocenters. The number of carbonyl (C=O) groups excluding carboxylic acids is 1. The fourth-order valence-electron chi connectivity index (χ4n) is 3.57. The highest BCUT2D eigenvalue weighted by atomic mass is 16.2. The summed E-state index contributed by atoms with van der Waals surface area (Å²) in [5.41, 5.74) is 0.737. The van der Waals surface area contributed by atoms with Gasteiger partial charge in [0, 0.05) is 49.9 Å². The maximum atomic E-state index is 12.6. The average molecular weight is 343 g/mol. The standard InChI is InChI=1S/C18H25N5O2/c1-12(23-9-6-19-14(23)3)10-18(25)22-7-4-15(5-8-22)16-11-17(24)21-13(2)20-16/h6,9,11-12,15H,4-5,7-8,10H2,1-3H3,(H,20,21,24)/t12-/m1/s1. The van der Waals surface area contributed by atoms with Crippen LogP contribution in [0.4, 0.5) is 0 Å². The van der Waals surface area contributed by atoms with E-state index in [0.29, 0.717) is 25.3 Å². The van der Waals surface area contributed by atoms with Crippen LogP contribution >= 0.6 is 0 Å². The summed E-state index contributed by atoms with van der Waals surface area (Å²) in [6.45, 7) is 7.22. The molecule has 1 aliphatic heterocycles. The Labute approximate surface area is 147 Å². The predicted octanol–water partition coefficient (Wildman–Crippen LogP) is 1.94. The van der Waals surface area contributed by atoms with Crippen molar-refractivity contribution in [3.8, 4) is 0 Å². The fourth-order valence-corrected chi connectivity index (χ4v) is 3.57. The van der Waals surface area contributed by atoms with Gasteiger partial charge in [0.05, 0.1) is 5.69 Å². The van der Waals surface area contributed by atoms with Gasteiger partial charge in [0.15, 0.2) is 0 Å². The van der Waals surface area contributed by atoms with Crippen LogP contribution in [-0.2, 0) is 4.79 Å². The fraction of sp³-hybridized carbons (Fsp3) is 0.556. The smallest absolute Gasteiger partial charge is 0.251 e. The van der Waals surface area contributed by atoms with E-state index in [4.69, 9.17) is 0 Å². The molecule has 7 heteroatoms. The molecule has 1 aliphatic rings. The monoisotopic (exact) mass is 343 g/mol. The van der Waals surface area contributed by atoms with E-state index in [0.717, 1.165) is 24.4 Å². The number of likely N-dealkylation sites (tertiary alicyclic amines) is 1. The van der Waals surface area contributed by atoms with Crippen LogP contribution < -0.4 is 5.56 Å². The first kappa shape index (κ1) is 17.4. The number of hydrogen-bond donors (Lipinski definition) is 1. The molecular formula is C18H25N5O2. The molecule has 0 aromatic carbocycles. The van der Waals surface area contributed by atoms with Crippen LogP contribution in [0.5, 0.6) is 0 Å². The number of imidazole rings is 1. The Balaban J connectivity index is 1.57. The summed E-state index contributed by atoms with van der Waals surface area (Å²) in [6.07, 6.45) is 5.85. The summed E-state index contributed by atoms with van der Waals surface area (Å²) in [4.78, 5) is 37.5. The van der Waals surface area contributed by atoms with Crippen LogP contribution in [0.25, 0.3) is 0 Å². The van der Waals surface area contributed by atoms with E-state index in [-0.39, 0.29) is 23.4 Å². The molecule has 1 fully saturated rings. The minimum atomic E-state index is -0.106. The molecule has 0 spiro atoms. The van der Waals surface area contributed by atoms with Gasteiger partial charge in [-0.15, -0.1) is 0 Å². The van der Waals surface area contributed by atoms with Crippen molar-refractivity contribution in [3.05, 3.63) is 46.2 Å². The van der Waals surface area contributed by atoms with Crippen molar-refractivity contribution < 1.29 is 4.79 Å². The summed E-state index contributed by atoms with van der Waals surface area (Å²) in [7, 11) is 0. The number of rotatable bonds is 4. The summed E-state index contributed by atoms with van der Waals surface area (Å²) in [5, 5.41) is 0. The first-order valence-corrected chi connectivity index (χ1v) is 8.79. The zero-order valence-corrected chi connectivity index (χ0v) is 15.0. The van der Waals surface area contributed by atoms with E-state index < -0.39 is 0 Å². The van der Waals surface area contributed by atoms with Gasteiger partial charge in [-0.1, -0.05) is 0 Å². The van der Waals surface area contributed by atoms with Crippen molar-refractivity contribution >= 4 is 5.91 Å². The molecule has 134 valence electrons. The van der Waals surface area contributed by atoms with Crippen LogP contribution in [0.2, 0.25) is 0 Å². The van der Waals surface area contributed by atoms with E-state index >= 15 is 0 Å². The van der Waals surface area contributed by atoms with Crippen LogP contribution in [0.1, 0.15) is 55.5 Å². The highest BCUT2D eigenvalue weighted by Crippen LogP contribution is 2.27. The van der Waals surface area contributed by atoms with E-state index in [9.17, 15) is 9.59 Å². The third-order valence-corrected chi connectivity index (χ3v) is 4.95. The highest BCUT2D eigenvalue weighted by Gasteiger charge is 2.26. The molecule has 0 unspecified atom stereocenters. The first-order valence-electron chi connectivity index (χ1n) is 8.79. The molecule has 0 bridgehead atoms. The van der Waals surface area contributed by atoms with Crippen molar-refractivity contribution in [2.75, 3.05) is 13.1 Å². The minimum absolute atomic E-state index is 0.102. The second-order valence-corrected chi connectivity index (χ2v) is 6.85. The Hall–Kier alpha value is -2.44. The number of piperidine rings is 1. The van der Waals surface area contributed by atoms with Gasteiger partial charge >= 0.3 is 0 Å². The van der Waals surface area contributed by atoms with E-state index in [1.165, 1.54) is 0 Å². The molecule has 0 aliphatic carbocycles. The largest absolute Gasteiger partial charge is 0.343 e. The molecule has 7 nitrogen and oxygen atoms in total. The second-order valence-electron chi connectivity index (χ2n) is 6.85. The lowest BCUT2D eigenvalue weighted by Gasteiger charge is -2.32. The van der Waals surface area contributed by atoms with E-state index in [2.05, 4.69) is 15.0 Å². The minimum Gasteiger partial charge on any atom is -0.343 e. The first-order chi connectivity index (χ1) is 11.9. The number of carbonyl (C=O) groups is 1. The van der Waals surface area contributed by atoms with Crippen LogP contribution in [-0.4, -0.2) is 43.4 Å². The number of H-pyrrole nitrogens is 1. The van der Waals surface area contributed by atoms with Crippen molar-refractivity contribution in [2.45, 2.75) is 52.0 Å². The van der Waals surface area contributed by atoms with Gasteiger partial charge in [0.1, 0.15) is 11.6 Å². The number of amides is 1. The summed E-state index contributed by atoms with van der Waals surface area (Å²) >= 11 is 0. The van der Waals surface area contributed by atoms with Gasteiger partial charge in [-0.25, -0.2) is 9.97 Å². The summed E-state index contributed by atoms with van der Waals surface area (Å²) < 4.78 is 2.04. The molecule has 3 rings (SSSR count). The number of nitrogens with zero attached hydrogens (tertiary/aromatic N) is 4. The SMILES string of the molecule is Cc1nc(C2CCN(C(=O)C[C@@H](C)n3ccnc3C)CC2)cc(=O)[nH]1. The van der Waals surface area contributed by atoms with Crippen molar-refractivity contribution in [1.29, 1.82) is 0 Å². The molecule has 1 amide bonds. The quantitative estimate of drug-likeness (QED) is 0.919. The zero-order chi connectivity index (χ0) is 18.0. The second kappa shape index (κ2) is 7.21. The van der Waals surface area contributed by atoms with Crippen LogP contribution in [0.3, 0.4) is 0 Å². The predicted molar refractivity (Wildman–Crippen MR) is 94.4 cm³/mol. The Kier molecular flexibility index (Phi) is 5.01. The number of nitrogens with one attached hydrogen (secondary N) is 1. The van der Waals surface area contributed by atoms with Gasteiger partial charge in [-0.3, -0.25) is 9.59 Å². The molecule has 1 N–H and O–H groups in total. The number of aryl methyl sites for hydroxylation is 2. The maximum Gasteiger partial charge on any atom is 0.251 e. The highest BCUT2D eigenvalue weighted by molar-refractivity contribution is 5.76.